The second-order valence-electron chi connectivity index (χ2n) is 3.50. The van der Waals surface area contributed by atoms with E-state index in [1.165, 1.54) is 5.57 Å². The summed E-state index contributed by atoms with van der Waals surface area (Å²) in [5, 5.41) is 0. The molecule has 0 saturated carbocycles. The van der Waals surface area contributed by atoms with Gasteiger partial charge in [-0.3, -0.25) is 0 Å². The molecule has 2 nitrogen and oxygen atoms in total. The smallest absolute Gasteiger partial charge is 0.0467 e. The molecular formula is C13H27NO. The van der Waals surface area contributed by atoms with Gasteiger partial charge in [0.25, 0.3) is 0 Å². The van der Waals surface area contributed by atoms with Crippen LogP contribution in [-0.2, 0) is 4.74 Å². The van der Waals surface area contributed by atoms with Gasteiger partial charge in [-0.25, -0.2) is 0 Å². The third-order valence-electron chi connectivity index (χ3n) is 2.14. The molecule has 0 aliphatic heterocycles. The molecule has 2 N–H and O–H groups in total. The first-order chi connectivity index (χ1) is 7.07. The van der Waals surface area contributed by atoms with Crippen LogP contribution in [0.2, 0.25) is 0 Å². The zero-order valence-corrected chi connectivity index (χ0v) is 11.1. The Morgan fingerprint density at radius 3 is 2.20 bits per heavy atom. The summed E-state index contributed by atoms with van der Waals surface area (Å²) in [4.78, 5) is 0. The molecule has 0 rings (SSSR count). The molecule has 0 aromatic rings. The van der Waals surface area contributed by atoms with Crippen molar-refractivity contribution in [3.63, 3.8) is 0 Å². The minimum absolute atomic E-state index is 0.565. The zero-order valence-electron chi connectivity index (χ0n) is 11.1. The summed E-state index contributed by atoms with van der Waals surface area (Å²) in [6.07, 6.45) is 5.09. The highest BCUT2D eigenvalue weighted by atomic mass is 16.5. The fourth-order valence-corrected chi connectivity index (χ4v) is 0.949. The predicted molar refractivity (Wildman–Crippen MR) is 68.7 cm³/mol. The monoisotopic (exact) mass is 213 g/mol. The van der Waals surface area contributed by atoms with E-state index in [4.69, 9.17) is 10.5 Å². The van der Waals surface area contributed by atoms with E-state index >= 15 is 0 Å². The molecule has 0 saturated heterocycles. The summed E-state index contributed by atoms with van der Waals surface area (Å²) in [5.41, 5.74) is 7.73. The number of rotatable bonds is 5. The van der Waals surface area contributed by atoms with E-state index in [0.29, 0.717) is 5.92 Å². The maximum atomic E-state index is 5.53. The first-order valence-corrected chi connectivity index (χ1v) is 5.67. The lowest BCUT2D eigenvalue weighted by Crippen LogP contribution is -2.01. The van der Waals surface area contributed by atoms with Crippen molar-refractivity contribution in [2.45, 2.75) is 41.0 Å². The number of allylic oxidation sites excluding steroid dienone is 4. The van der Waals surface area contributed by atoms with E-state index in [0.717, 1.165) is 18.7 Å². The van der Waals surface area contributed by atoms with Crippen LogP contribution in [0.1, 0.15) is 41.0 Å². The van der Waals surface area contributed by atoms with Crippen LogP contribution in [0.15, 0.2) is 23.4 Å². The number of nitrogens with two attached hydrogens (primary N) is 1. The van der Waals surface area contributed by atoms with Crippen molar-refractivity contribution in [1.82, 2.24) is 0 Å². The van der Waals surface area contributed by atoms with Gasteiger partial charge in [0.15, 0.2) is 0 Å². The van der Waals surface area contributed by atoms with Gasteiger partial charge in [-0.05, 0) is 32.3 Å². The number of methoxy groups -OCH3 is 1. The lowest BCUT2D eigenvalue weighted by Gasteiger charge is -2.10. The van der Waals surface area contributed by atoms with Crippen LogP contribution in [0.3, 0.4) is 0 Å². The third-order valence-corrected chi connectivity index (χ3v) is 2.14. The molecule has 0 radical (unpaired) electrons. The molecule has 90 valence electrons. The van der Waals surface area contributed by atoms with Gasteiger partial charge < -0.3 is 10.5 Å². The Kier molecular flexibility index (Phi) is 12.6. The summed E-state index contributed by atoms with van der Waals surface area (Å²) in [7, 11) is 1.73. The van der Waals surface area contributed by atoms with E-state index in [1.54, 1.807) is 7.11 Å². The summed E-state index contributed by atoms with van der Waals surface area (Å²) in [5.74, 6) is 0.565. The highest BCUT2D eigenvalue weighted by molar-refractivity contribution is 5.15. The minimum Gasteiger partial charge on any atom is -0.402 e. The average molecular weight is 213 g/mol. The maximum Gasteiger partial charge on any atom is 0.0467 e. The molecule has 0 bridgehead atoms. The van der Waals surface area contributed by atoms with Crippen LogP contribution in [0, 0.1) is 5.92 Å². The number of ether oxygens (including phenoxy) is 1. The molecule has 15 heavy (non-hydrogen) atoms. The molecule has 0 aliphatic rings. The summed E-state index contributed by atoms with van der Waals surface area (Å²) >= 11 is 0. The van der Waals surface area contributed by atoms with E-state index in [9.17, 15) is 0 Å². The normalized spacial score (nSPS) is 14.3. The Balaban J connectivity index is 0. The maximum absolute atomic E-state index is 5.53. The van der Waals surface area contributed by atoms with Gasteiger partial charge in [0.2, 0.25) is 0 Å². The van der Waals surface area contributed by atoms with Crippen molar-refractivity contribution in [3.8, 4) is 0 Å². The van der Waals surface area contributed by atoms with Crippen molar-refractivity contribution >= 4 is 0 Å². The molecule has 0 heterocycles. The molecule has 0 fully saturated rings. The van der Waals surface area contributed by atoms with Gasteiger partial charge in [-0.15, -0.1) is 0 Å². The Labute approximate surface area is 95.2 Å². The SMILES string of the molecule is CC.COCCC(C)/C(C)=C/C=C(\C)N. The summed E-state index contributed by atoms with van der Waals surface area (Å²) in [6.45, 7) is 11.0. The second kappa shape index (κ2) is 11.3. The number of hydrogen-bond donors (Lipinski definition) is 1. The molecule has 0 aromatic carbocycles. The van der Waals surface area contributed by atoms with Gasteiger partial charge in [0.05, 0.1) is 0 Å². The lowest BCUT2D eigenvalue weighted by atomic mass is 9.99. The molecule has 0 amide bonds. The van der Waals surface area contributed by atoms with Gasteiger partial charge in [-0.1, -0.05) is 32.4 Å². The predicted octanol–water partition coefficient (Wildman–Crippen LogP) is 3.49. The molecule has 0 spiro atoms. The Bertz CT molecular complexity index is 191. The van der Waals surface area contributed by atoms with Crippen molar-refractivity contribution in [1.29, 1.82) is 0 Å². The molecule has 1 unspecified atom stereocenters. The van der Waals surface area contributed by atoms with Crippen LogP contribution in [0.5, 0.6) is 0 Å². The molecule has 0 aromatic heterocycles. The molecule has 0 aliphatic carbocycles. The van der Waals surface area contributed by atoms with Crippen molar-refractivity contribution < 1.29 is 4.74 Å². The number of hydrogen-bond acceptors (Lipinski definition) is 2. The van der Waals surface area contributed by atoms with Crippen LogP contribution < -0.4 is 5.73 Å². The van der Waals surface area contributed by atoms with Gasteiger partial charge in [0.1, 0.15) is 0 Å². The third kappa shape index (κ3) is 11.2. The highest BCUT2D eigenvalue weighted by Gasteiger charge is 2.02. The van der Waals surface area contributed by atoms with Gasteiger partial charge >= 0.3 is 0 Å². The molecule has 2 heteroatoms. The first kappa shape index (κ1) is 16.7. The van der Waals surface area contributed by atoms with Crippen molar-refractivity contribution in [2.75, 3.05) is 13.7 Å². The largest absolute Gasteiger partial charge is 0.402 e. The van der Waals surface area contributed by atoms with Gasteiger partial charge in [0, 0.05) is 19.4 Å². The Hall–Kier alpha value is -0.760. The van der Waals surface area contributed by atoms with Crippen LogP contribution in [-0.4, -0.2) is 13.7 Å². The highest BCUT2D eigenvalue weighted by Crippen LogP contribution is 2.13. The van der Waals surface area contributed by atoms with Crippen molar-refractivity contribution in [3.05, 3.63) is 23.4 Å². The quantitative estimate of drug-likeness (QED) is 0.709. The lowest BCUT2D eigenvalue weighted by molar-refractivity contribution is 0.185. The van der Waals surface area contributed by atoms with E-state index in [-0.39, 0.29) is 0 Å². The fourth-order valence-electron chi connectivity index (χ4n) is 0.949. The van der Waals surface area contributed by atoms with E-state index < -0.39 is 0 Å². The molecular weight excluding hydrogens is 186 g/mol. The van der Waals surface area contributed by atoms with E-state index in [1.807, 2.05) is 26.8 Å². The van der Waals surface area contributed by atoms with Crippen LogP contribution >= 0.6 is 0 Å². The van der Waals surface area contributed by atoms with Gasteiger partial charge in [-0.2, -0.15) is 0 Å². The van der Waals surface area contributed by atoms with Crippen LogP contribution in [0.4, 0.5) is 0 Å². The topological polar surface area (TPSA) is 35.2 Å². The summed E-state index contributed by atoms with van der Waals surface area (Å²) < 4.78 is 5.02. The first-order valence-electron chi connectivity index (χ1n) is 5.67. The van der Waals surface area contributed by atoms with Crippen molar-refractivity contribution in [2.24, 2.45) is 11.7 Å². The Morgan fingerprint density at radius 1 is 1.27 bits per heavy atom. The zero-order chi connectivity index (χ0) is 12.3. The van der Waals surface area contributed by atoms with Crippen LogP contribution in [0.25, 0.3) is 0 Å². The summed E-state index contributed by atoms with van der Waals surface area (Å²) in [6, 6.07) is 0. The standard InChI is InChI=1S/C11H21NO.C2H6/c1-9(5-6-11(3)12)10(2)7-8-13-4;1-2/h5-6,10H,7-8,12H2,1-4H3;1-2H3/b9-5+,11-6+;. The molecule has 1 atom stereocenters. The minimum atomic E-state index is 0.565. The van der Waals surface area contributed by atoms with E-state index in [2.05, 4.69) is 19.9 Å². The second-order valence-corrected chi connectivity index (χ2v) is 3.50. The average Bonchev–Trinajstić information content (AvgIpc) is 2.25. The Morgan fingerprint density at radius 2 is 1.80 bits per heavy atom. The fraction of sp³-hybridized carbons (Fsp3) is 0.692.